The number of hydrogen-bond donors (Lipinski definition) is 2. The summed E-state index contributed by atoms with van der Waals surface area (Å²) in [5.41, 5.74) is 2.00. The van der Waals surface area contributed by atoms with Gasteiger partial charge in [-0.1, -0.05) is 39.3 Å². The largest absolute Gasteiger partial charge is 0.333 e. The number of aromatic nitrogens is 2. The second-order valence-corrected chi connectivity index (χ2v) is 10.2. The van der Waals surface area contributed by atoms with Gasteiger partial charge in [-0.15, -0.1) is 0 Å². The molecule has 10 nitrogen and oxygen atoms in total. The summed E-state index contributed by atoms with van der Waals surface area (Å²) in [5, 5.41) is 6.52. The molecule has 0 saturated carbocycles. The highest BCUT2D eigenvalue weighted by Gasteiger charge is 2.27. The van der Waals surface area contributed by atoms with E-state index in [4.69, 9.17) is 18.2 Å². The monoisotopic (exact) mass is 494 g/mol. The number of urea groups is 1. The number of amides is 3. The standard InChI is InChI=1S/C21H27ClN6O4S/c1-12(2)15-8-14(22)9-16(13(3)4)19(15)24-21(30)26-33(31,32)18-10-17(28(7)25-18)20(29)27(6)11-23-5/h8-10,12-13H,11H2,1-4,6-7H3,(H2,24,26,30). The number of hydrogen-bond acceptors (Lipinski definition) is 5. The molecular formula is C21H27ClN6O4S. The number of aryl methyl sites for hydroxylation is 1. The maximum atomic E-state index is 12.8. The van der Waals surface area contributed by atoms with E-state index in [1.165, 1.54) is 14.1 Å². The first-order valence-electron chi connectivity index (χ1n) is 10.1. The van der Waals surface area contributed by atoms with Crippen LogP contribution >= 0.6 is 11.6 Å². The van der Waals surface area contributed by atoms with Crippen molar-refractivity contribution < 1.29 is 18.0 Å². The summed E-state index contributed by atoms with van der Waals surface area (Å²) in [5.74, 6) is -0.536. The first-order valence-corrected chi connectivity index (χ1v) is 11.9. The second kappa shape index (κ2) is 10.2. The topological polar surface area (TPSA) is 118 Å². The van der Waals surface area contributed by atoms with Gasteiger partial charge >= 0.3 is 6.03 Å². The number of sulfonamides is 1. The Morgan fingerprint density at radius 3 is 2.21 bits per heavy atom. The summed E-state index contributed by atoms with van der Waals surface area (Å²) in [6.45, 7) is 14.4. The summed E-state index contributed by atoms with van der Waals surface area (Å²) in [4.78, 5) is 29.3. The van der Waals surface area contributed by atoms with E-state index in [0.717, 1.165) is 26.8 Å². The molecule has 178 valence electrons. The normalized spacial score (nSPS) is 11.4. The zero-order chi connectivity index (χ0) is 25.1. The van der Waals surface area contributed by atoms with Crippen LogP contribution in [0.4, 0.5) is 10.5 Å². The Labute approximate surface area is 198 Å². The van der Waals surface area contributed by atoms with E-state index < -0.39 is 27.0 Å². The van der Waals surface area contributed by atoms with Crippen LogP contribution in [0.15, 0.2) is 23.2 Å². The quantitative estimate of drug-likeness (QED) is 0.568. The summed E-state index contributed by atoms with van der Waals surface area (Å²) in [7, 11) is -1.57. The summed E-state index contributed by atoms with van der Waals surface area (Å²) >= 11 is 6.24. The van der Waals surface area contributed by atoms with Crippen LogP contribution in [0.25, 0.3) is 4.85 Å². The van der Waals surface area contributed by atoms with Gasteiger partial charge in [-0.3, -0.25) is 19.2 Å². The zero-order valence-corrected chi connectivity index (χ0v) is 20.9. The van der Waals surface area contributed by atoms with Crippen molar-refractivity contribution in [3.05, 3.63) is 51.5 Å². The first kappa shape index (κ1) is 26.2. The van der Waals surface area contributed by atoms with Crippen molar-refractivity contribution in [3.63, 3.8) is 0 Å². The van der Waals surface area contributed by atoms with Crippen molar-refractivity contribution in [1.29, 1.82) is 0 Å². The van der Waals surface area contributed by atoms with Crippen LogP contribution in [0.1, 0.15) is 61.1 Å². The predicted octanol–water partition coefficient (Wildman–Crippen LogP) is 3.78. The van der Waals surface area contributed by atoms with Crippen molar-refractivity contribution in [2.45, 2.75) is 44.6 Å². The van der Waals surface area contributed by atoms with Crippen LogP contribution in [-0.4, -0.2) is 48.8 Å². The molecule has 33 heavy (non-hydrogen) atoms. The Balaban J connectivity index is 2.33. The minimum absolute atomic E-state index is 0.0184. The number of benzene rings is 1. The SMILES string of the molecule is [C-]#[N+]CN(C)C(=O)c1cc(S(=O)(=O)NC(=O)Nc2c(C(C)C)cc(Cl)cc2C(C)C)nn1C. The van der Waals surface area contributed by atoms with Crippen molar-refractivity contribution >= 4 is 39.2 Å². The molecule has 0 fully saturated rings. The van der Waals surface area contributed by atoms with E-state index in [9.17, 15) is 18.0 Å². The van der Waals surface area contributed by atoms with E-state index >= 15 is 0 Å². The van der Waals surface area contributed by atoms with E-state index in [1.54, 1.807) is 12.1 Å². The van der Waals surface area contributed by atoms with Crippen molar-refractivity contribution in [1.82, 2.24) is 19.4 Å². The highest BCUT2D eigenvalue weighted by Crippen LogP contribution is 2.35. The third-order valence-electron chi connectivity index (χ3n) is 4.86. The van der Waals surface area contributed by atoms with Crippen LogP contribution in [-0.2, 0) is 17.1 Å². The van der Waals surface area contributed by atoms with Gasteiger partial charge < -0.3 is 5.32 Å². The molecule has 0 aliphatic carbocycles. The third-order valence-corrected chi connectivity index (χ3v) is 6.28. The molecule has 0 atom stereocenters. The molecule has 0 aliphatic heterocycles. The minimum Gasteiger partial charge on any atom is -0.307 e. The van der Waals surface area contributed by atoms with Gasteiger partial charge in [0.05, 0.1) is 0 Å². The lowest BCUT2D eigenvalue weighted by Crippen LogP contribution is -2.35. The third kappa shape index (κ3) is 6.03. The van der Waals surface area contributed by atoms with E-state index in [-0.39, 0.29) is 24.2 Å². The van der Waals surface area contributed by atoms with Gasteiger partial charge in [0.2, 0.25) is 0 Å². The lowest BCUT2D eigenvalue weighted by molar-refractivity contribution is 0.0798. The van der Waals surface area contributed by atoms with E-state index in [0.29, 0.717) is 10.7 Å². The molecule has 2 rings (SSSR count). The van der Waals surface area contributed by atoms with Crippen LogP contribution in [0, 0.1) is 6.57 Å². The molecule has 2 N–H and O–H groups in total. The maximum Gasteiger partial charge on any atom is 0.333 e. The Kier molecular flexibility index (Phi) is 8.11. The summed E-state index contributed by atoms with van der Waals surface area (Å²) in [6, 6.07) is 3.56. The van der Waals surface area contributed by atoms with E-state index in [1.807, 2.05) is 32.4 Å². The smallest absolute Gasteiger partial charge is 0.307 e. The molecule has 0 aliphatic rings. The molecule has 12 heteroatoms. The van der Waals surface area contributed by atoms with Crippen molar-refractivity contribution in [2.24, 2.45) is 7.05 Å². The van der Waals surface area contributed by atoms with E-state index in [2.05, 4.69) is 15.3 Å². The molecule has 0 radical (unpaired) electrons. The van der Waals surface area contributed by atoms with Crippen LogP contribution in [0.3, 0.4) is 0 Å². The number of nitrogens with one attached hydrogen (secondary N) is 2. The first-order chi connectivity index (χ1) is 15.3. The number of halogens is 1. The number of rotatable bonds is 7. The van der Waals surface area contributed by atoms with Gasteiger partial charge in [0.1, 0.15) is 5.69 Å². The molecule has 0 saturated heterocycles. The molecule has 2 aromatic rings. The fraction of sp³-hybridized carbons (Fsp3) is 0.429. The molecule has 1 aromatic carbocycles. The second-order valence-electron chi connectivity index (χ2n) is 8.12. The molecule has 0 unspecified atom stereocenters. The van der Waals surface area contributed by atoms with Gasteiger partial charge in [-0.25, -0.2) is 16.1 Å². The number of carbonyl (C=O) groups excluding carboxylic acids is 2. The Morgan fingerprint density at radius 2 is 1.73 bits per heavy atom. The van der Waals surface area contributed by atoms with Crippen LogP contribution in [0.5, 0.6) is 0 Å². The van der Waals surface area contributed by atoms with Gasteiger partial charge in [0.25, 0.3) is 22.6 Å². The lowest BCUT2D eigenvalue weighted by atomic mass is 9.92. The van der Waals surface area contributed by atoms with Gasteiger partial charge in [0.15, 0.2) is 5.03 Å². The Morgan fingerprint density at radius 1 is 1.18 bits per heavy atom. The Hall–Kier alpha value is -3.10. The molecule has 1 aromatic heterocycles. The van der Waals surface area contributed by atoms with Crippen molar-refractivity contribution in [3.8, 4) is 0 Å². The average molecular weight is 495 g/mol. The molecular weight excluding hydrogens is 468 g/mol. The summed E-state index contributed by atoms with van der Waals surface area (Å²) < 4.78 is 28.6. The van der Waals surface area contributed by atoms with Gasteiger partial charge in [-0.05, 0) is 35.1 Å². The fourth-order valence-corrected chi connectivity index (χ4v) is 4.29. The molecule has 3 amide bonds. The predicted molar refractivity (Wildman–Crippen MR) is 126 cm³/mol. The average Bonchev–Trinajstić information content (AvgIpc) is 3.10. The minimum atomic E-state index is -4.38. The van der Waals surface area contributed by atoms with Crippen molar-refractivity contribution in [2.75, 3.05) is 19.0 Å². The number of carbonyl (C=O) groups is 2. The zero-order valence-electron chi connectivity index (χ0n) is 19.3. The van der Waals surface area contributed by atoms with Gasteiger partial charge in [-0.2, -0.15) is 13.5 Å². The van der Waals surface area contributed by atoms with Crippen LogP contribution < -0.4 is 10.0 Å². The summed E-state index contributed by atoms with van der Waals surface area (Å²) in [6.07, 6.45) is 0. The highest BCUT2D eigenvalue weighted by atomic mass is 35.5. The maximum absolute atomic E-state index is 12.8. The van der Waals surface area contributed by atoms with Crippen LogP contribution in [0.2, 0.25) is 5.02 Å². The highest BCUT2D eigenvalue weighted by molar-refractivity contribution is 7.90. The fourth-order valence-electron chi connectivity index (χ4n) is 3.16. The molecule has 1 heterocycles. The Bertz CT molecular complexity index is 1180. The lowest BCUT2D eigenvalue weighted by Gasteiger charge is -2.21. The molecule has 0 bridgehead atoms. The van der Waals surface area contributed by atoms with Gasteiger partial charge in [0, 0.05) is 30.9 Å². The number of anilines is 1. The number of nitrogens with zero attached hydrogens (tertiary/aromatic N) is 4. The molecule has 0 spiro atoms.